The van der Waals surface area contributed by atoms with Gasteiger partial charge in [-0.25, -0.2) is 4.39 Å². The number of methoxy groups -OCH3 is 1. The summed E-state index contributed by atoms with van der Waals surface area (Å²) in [7, 11) is 1.46. The fraction of sp³-hybridized carbons (Fsp3) is 0.154. The molecule has 0 heterocycles. The van der Waals surface area contributed by atoms with E-state index in [1.54, 1.807) is 24.3 Å². The summed E-state index contributed by atoms with van der Waals surface area (Å²) in [6, 6.07) is 9.74. The highest BCUT2D eigenvalue weighted by molar-refractivity contribution is 6.08. The molecular weight excluding hydrogens is 207 g/mol. The van der Waals surface area contributed by atoms with Crippen LogP contribution in [0.4, 0.5) is 4.39 Å². The van der Waals surface area contributed by atoms with Gasteiger partial charge >= 0.3 is 0 Å². The van der Waals surface area contributed by atoms with Gasteiger partial charge in [-0.05, 0) is 17.5 Å². The molecule has 0 N–H and O–H groups in total. The zero-order valence-electron chi connectivity index (χ0n) is 8.87. The standard InChI is InChI=1S/C13H11FO2/c1-16-8-13(15)11-6-7-12(14)10-5-3-2-4-9(10)11/h2-7H,8H2,1H3. The number of Topliss-reactive ketones (excluding diaryl/α,β-unsaturated/α-hetero) is 1. The first-order valence-corrected chi connectivity index (χ1v) is 4.93. The van der Waals surface area contributed by atoms with Gasteiger partial charge in [0.25, 0.3) is 0 Å². The first-order valence-electron chi connectivity index (χ1n) is 4.93. The number of carbonyl (C=O) groups is 1. The van der Waals surface area contributed by atoms with Crippen molar-refractivity contribution in [2.75, 3.05) is 13.7 Å². The van der Waals surface area contributed by atoms with Crippen LogP contribution in [0.3, 0.4) is 0 Å². The van der Waals surface area contributed by atoms with Crippen LogP contribution in [0.1, 0.15) is 10.4 Å². The lowest BCUT2D eigenvalue weighted by Crippen LogP contribution is -2.07. The number of rotatable bonds is 3. The van der Waals surface area contributed by atoms with E-state index >= 15 is 0 Å². The quantitative estimate of drug-likeness (QED) is 0.740. The minimum absolute atomic E-state index is 0.00955. The molecule has 0 aliphatic heterocycles. The molecule has 0 radical (unpaired) electrons. The van der Waals surface area contributed by atoms with Gasteiger partial charge in [-0.2, -0.15) is 0 Å². The zero-order valence-corrected chi connectivity index (χ0v) is 8.87. The average molecular weight is 218 g/mol. The molecule has 0 fully saturated rings. The van der Waals surface area contributed by atoms with Gasteiger partial charge in [-0.3, -0.25) is 4.79 Å². The lowest BCUT2D eigenvalue weighted by atomic mass is 10.0. The number of carbonyl (C=O) groups excluding carboxylic acids is 1. The highest BCUT2D eigenvalue weighted by Crippen LogP contribution is 2.22. The minimum Gasteiger partial charge on any atom is -0.377 e. The van der Waals surface area contributed by atoms with Crippen molar-refractivity contribution in [2.45, 2.75) is 0 Å². The third-order valence-corrected chi connectivity index (χ3v) is 2.45. The van der Waals surface area contributed by atoms with Crippen molar-refractivity contribution >= 4 is 16.6 Å². The molecule has 0 aliphatic carbocycles. The van der Waals surface area contributed by atoms with Gasteiger partial charge < -0.3 is 4.74 Å². The molecule has 82 valence electrons. The molecule has 0 saturated carbocycles. The van der Waals surface area contributed by atoms with Crippen LogP contribution in [0.15, 0.2) is 36.4 Å². The van der Waals surface area contributed by atoms with E-state index in [0.717, 1.165) is 0 Å². The Labute approximate surface area is 92.6 Å². The van der Waals surface area contributed by atoms with Crippen molar-refractivity contribution in [3.05, 3.63) is 47.8 Å². The number of halogens is 1. The first-order chi connectivity index (χ1) is 7.74. The molecule has 2 aromatic rings. The van der Waals surface area contributed by atoms with Gasteiger partial charge in [0.2, 0.25) is 0 Å². The monoisotopic (exact) mass is 218 g/mol. The van der Waals surface area contributed by atoms with Gasteiger partial charge in [-0.1, -0.05) is 24.3 Å². The smallest absolute Gasteiger partial charge is 0.189 e. The Morgan fingerprint density at radius 1 is 1.19 bits per heavy atom. The van der Waals surface area contributed by atoms with Gasteiger partial charge in [0.05, 0.1) is 0 Å². The summed E-state index contributed by atoms with van der Waals surface area (Å²) >= 11 is 0. The fourth-order valence-corrected chi connectivity index (χ4v) is 1.71. The molecule has 0 amide bonds. The van der Waals surface area contributed by atoms with Crippen molar-refractivity contribution in [1.82, 2.24) is 0 Å². The zero-order chi connectivity index (χ0) is 11.5. The van der Waals surface area contributed by atoms with E-state index in [-0.39, 0.29) is 18.2 Å². The van der Waals surface area contributed by atoms with Crippen molar-refractivity contribution in [2.24, 2.45) is 0 Å². The Hall–Kier alpha value is -1.74. The molecule has 3 heteroatoms. The summed E-state index contributed by atoms with van der Waals surface area (Å²) in [5, 5.41) is 1.09. The van der Waals surface area contributed by atoms with E-state index in [9.17, 15) is 9.18 Å². The normalized spacial score (nSPS) is 10.6. The molecule has 16 heavy (non-hydrogen) atoms. The predicted molar refractivity (Wildman–Crippen MR) is 60.1 cm³/mol. The van der Waals surface area contributed by atoms with Gasteiger partial charge in [-0.15, -0.1) is 0 Å². The highest BCUT2D eigenvalue weighted by atomic mass is 19.1. The maximum Gasteiger partial charge on any atom is 0.189 e. The van der Waals surface area contributed by atoms with Crippen LogP contribution in [-0.4, -0.2) is 19.5 Å². The molecule has 0 unspecified atom stereocenters. The van der Waals surface area contributed by atoms with Crippen LogP contribution in [0.5, 0.6) is 0 Å². The fourth-order valence-electron chi connectivity index (χ4n) is 1.71. The summed E-state index contributed by atoms with van der Waals surface area (Å²) in [4.78, 5) is 11.7. The lowest BCUT2D eigenvalue weighted by molar-refractivity contribution is 0.0850. The van der Waals surface area contributed by atoms with Crippen molar-refractivity contribution in [3.63, 3.8) is 0 Å². The summed E-state index contributed by atoms with van der Waals surface area (Å²) in [5.74, 6) is -0.455. The second-order valence-corrected chi connectivity index (χ2v) is 3.50. The van der Waals surface area contributed by atoms with E-state index in [2.05, 4.69) is 0 Å². The summed E-state index contributed by atoms with van der Waals surface area (Å²) in [6.07, 6.45) is 0. The molecular formula is C13H11FO2. The summed E-state index contributed by atoms with van der Waals surface area (Å²) in [5.41, 5.74) is 0.499. The second kappa shape index (κ2) is 4.41. The van der Waals surface area contributed by atoms with Crippen LogP contribution >= 0.6 is 0 Å². The molecule has 0 atom stereocenters. The average Bonchev–Trinajstić information content (AvgIpc) is 2.30. The number of ether oxygens (including phenoxy) is 1. The van der Waals surface area contributed by atoms with Gasteiger partial charge in [0.1, 0.15) is 12.4 Å². The second-order valence-electron chi connectivity index (χ2n) is 3.50. The number of hydrogen-bond donors (Lipinski definition) is 0. The van der Waals surface area contributed by atoms with Crippen LogP contribution in [0.25, 0.3) is 10.8 Å². The predicted octanol–water partition coefficient (Wildman–Crippen LogP) is 2.81. The molecule has 0 spiro atoms. The van der Waals surface area contributed by atoms with E-state index in [4.69, 9.17) is 4.74 Å². The largest absolute Gasteiger partial charge is 0.377 e. The van der Waals surface area contributed by atoms with E-state index in [0.29, 0.717) is 16.3 Å². The summed E-state index contributed by atoms with van der Waals surface area (Å²) in [6.45, 7) is 0.00955. The van der Waals surface area contributed by atoms with Gasteiger partial charge in [0.15, 0.2) is 5.78 Å². The maximum absolute atomic E-state index is 13.5. The first kappa shape index (κ1) is 10.8. The Kier molecular flexibility index (Phi) is 2.97. The third kappa shape index (κ3) is 1.82. The topological polar surface area (TPSA) is 26.3 Å². The van der Waals surface area contributed by atoms with Crippen LogP contribution in [0.2, 0.25) is 0 Å². The molecule has 0 saturated heterocycles. The number of benzene rings is 2. The third-order valence-electron chi connectivity index (χ3n) is 2.45. The molecule has 2 rings (SSSR count). The van der Waals surface area contributed by atoms with Gasteiger partial charge in [0, 0.05) is 18.1 Å². The van der Waals surface area contributed by atoms with Crippen LogP contribution in [0, 0.1) is 5.82 Å². The Bertz CT molecular complexity index is 534. The van der Waals surface area contributed by atoms with E-state index in [1.165, 1.54) is 19.2 Å². The Balaban J connectivity index is 2.63. The SMILES string of the molecule is COCC(=O)c1ccc(F)c2ccccc12. The minimum atomic E-state index is -0.315. The molecule has 0 aromatic heterocycles. The Morgan fingerprint density at radius 3 is 2.56 bits per heavy atom. The maximum atomic E-state index is 13.5. The number of ketones is 1. The Morgan fingerprint density at radius 2 is 1.88 bits per heavy atom. The van der Waals surface area contributed by atoms with Crippen molar-refractivity contribution in [1.29, 1.82) is 0 Å². The van der Waals surface area contributed by atoms with Crippen molar-refractivity contribution < 1.29 is 13.9 Å². The van der Waals surface area contributed by atoms with E-state index < -0.39 is 0 Å². The molecule has 2 aromatic carbocycles. The summed E-state index contributed by atoms with van der Waals surface area (Å²) < 4.78 is 18.3. The molecule has 2 nitrogen and oxygen atoms in total. The lowest BCUT2D eigenvalue weighted by Gasteiger charge is -2.05. The number of hydrogen-bond acceptors (Lipinski definition) is 2. The van der Waals surface area contributed by atoms with Crippen LogP contribution < -0.4 is 0 Å². The highest BCUT2D eigenvalue weighted by Gasteiger charge is 2.11. The van der Waals surface area contributed by atoms with Crippen molar-refractivity contribution in [3.8, 4) is 0 Å². The van der Waals surface area contributed by atoms with E-state index in [1.807, 2.05) is 0 Å². The molecule has 0 aliphatic rings. The molecule has 0 bridgehead atoms. The number of fused-ring (bicyclic) bond motifs is 1. The van der Waals surface area contributed by atoms with Crippen LogP contribution in [-0.2, 0) is 4.74 Å².